The van der Waals surface area contributed by atoms with Crippen LogP contribution in [-0.2, 0) is 9.59 Å². The number of nitrogens with zero attached hydrogens (tertiary/aromatic N) is 1. The molecule has 4 N–H and O–H groups in total. The summed E-state index contributed by atoms with van der Waals surface area (Å²) in [7, 11) is 0. The number of carbonyl (C=O) groups excluding carboxylic acids is 2. The number of fused-ring (bicyclic) bond motifs is 1. The highest BCUT2D eigenvalue weighted by Crippen LogP contribution is 2.31. The molecular weight excluding hydrogens is 500 g/mol. The van der Waals surface area contributed by atoms with Crippen molar-refractivity contribution in [2.75, 3.05) is 16.0 Å². The van der Waals surface area contributed by atoms with E-state index in [9.17, 15) is 14.4 Å². The highest BCUT2D eigenvalue weighted by atomic mass is 35.5. The van der Waals surface area contributed by atoms with Gasteiger partial charge in [-0.25, -0.2) is 0 Å². The Kier molecular flexibility index (Phi) is 6.30. The molecule has 0 saturated carbocycles. The summed E-state index contributed by atoms with van der Waals surface area (Å²) >= 11 is 23.9. The van der Waals surface area contributed by atoms with E-state index in [4.69, 9.17) is 46.4 Å². The van der Waals surface area contributed by atoms with Crippen molar-refractivity contribution in [2.45, 2.75) is 12.3 Å². The fourth-order valence-corrected chi connectivity index (χ4v) is 4.32. The lowest BCUT2D eigenvalue weighted by atomic mass is 9.92. The zero-order chi connectivity index (χ0) is 23.0. The van der Waals surface area contributed by atoms with Gasteiger partial charge >= 0.3 is 0 Å². The van der Waals surface area contributed by atoms with Crippen molar-refractivity contribution in [3.8, 4) is 0 Å². The predicted molar refractivity (Wildman–Crippen MR) is 126 cm³/mol. The predicted octanol–water partition coefficient (Wildman–Crippen LogP) is 5.19. The number of carbonyl (C=O) groups is 2. The Morgan fingerprint density at radius 1 is 0.906 bits per heavy atom. The highest BCUT2D eigenvalue weighted by molar-refractivity contribution is 6.35. The summed E-state index contributed by atoms with van der Waals surface area (Å²) in [6.45, 7) is 0. The van der Waals surface area contributed by atoms with Gasteiger partial charge in [0.15, 0.2) is 0 Å². The fourth-order valence-electron chi connectivity index (χ4n) is 3.27. The van der Waals surface area contributed by atoms with Crippen molar-refractivity contribution < 1.29 is 9.59 Å². The molecule has 0 spiro atoms. The molecule has 0 radical (unpaired) electrons. The molecule has 32 heavy (non-hydrogen) atoms. The Balaban J connectivity index is 1.65. The number of halogens is 4. The first-order valence-corrected chi connectivity index (χ1v) is 10.6. The number of benzene rings is 2. The van der Waals surface area contributed by atoms with Crippen LogP contribution < -0.4 is 21.5 Å². The van der Waals surface area contributed by atoms with E-state index < -0.39 is 23.3 Å². The summed E-state index contributed by atoms with van der Waals surface area (Å²) in [4.78, 5) is 44.8. The van der Waals surface area contributed by atoms with Crippen LogP contribution in [0.5, 0.6) is 0 Å². The van der Waals surface area contributed by atoms with Gasteiger partial charge in [-0.15, -0.1) is 0 Å². The summed E-state index contributed by atoms with van der Waals surface area (Å²) in [6.07, 6.45) is -0.228. The molecule has 0 fully saturated rings. The standard InChI is InChI=1S/C20H13Cl4N5O3/c21-8-1-9(22)4-12(3-8)25-18(31)14-7-15(30)27-17-16(14)19(32)29-20(28-17)26-13-5-10(23)2-11(24)6-13/h1-6,14H,7H2,(H,25,31)(H3,26,27,28,29,30,32)/t14-/m1/s1. The first kappa shape index (κ1) is 22.4. The van der Waals surface area contributed by atoms with Gasteiger partial charge in [0.05, 0.1) is 11.5 Å². The fraction of sp³-hybridized carbons (Fsp3) is 0.100. The van der Waals surface area contributed by atoms with Crippen molar-refractivity contribution in [1.29, 1.82) is 0 Å². The molecule has 1 aliphatic heterocycles. The third-order valence-corrected chi connectivity index (χ3v) is 5.40. The lowest BCUT2D eigenvalue weighted by Gasteiger charge is -2.23. The van der Waals surface area contributed by atoms with Crippen LogP contribution in [0.1, 0.15) is 17.9 Å². The molecule has 12 heteroatoms. The molecular formula is C20H13Cl4N5O3. The van der Waals surface area contributed by atoms with Gasteiger partial charge < -0.3 is 16.0 Å². The number of H-pyrrole nitrogens is 1. The Bertz CT molecular complexity index is 1270. The maximum atomic E-state index is 12.9. The van der Waals surface area contributed by atoms with Crippen LogP contribution in [0.15, 0.2) is 41.2 Å². The molecule has 3 aromatic rings. The van der Waals surface area contributed by atoms with Crippen LogP contribution in [0, 0.1) is 0 Å². The SMILES string of the molecule is O=C1C[C@@H](C(=O)Nc2cc(Cl)cc(Cl)c2)c2c(nc(Nc3cc(Cl)cc(Cl)c3)[nH]c2=O)N1. The Morgan fingerprint density at radius 2 is 1.47 bits per heavy atom. The molecule has 1 aliphatic rings. The minimum absolute atomic E-state index is 0.0232. The number of aromatic nitrogens is 2. The molecule has 0 aliphatic carbocycles. The average Bonchev–Trinajstić information content (AvgIpc) is 2.65. The smallest absolute Gasteiger partial charge is 0.258 e. The van der Waals surface area contributed by atoms with Gasteiger partial charge in [-0.1, -0.05) is 46.4 Å². The summed E-state index contributed by atoms with van der Waals surface area (Å²) in [5.41, 5.74) is 0.250. The first-order chi connectivity index (χ1) is 15.2. The number of hydrogen-bond acceptors (Lipinski definition) is 5. The molecule has 4 rings (SSSR count). The molecule has 164 valence electrons. The lowest BCUT2D eigenvalue weighted by Crippen LogP contribution is -2.36. The highest BCUT2D eigenvalue weighted by Gasteiger charge is 2.34. The summed E-state index contributed by atoms with van der Waals surface area (Å²) in [6, 6.07) is 9.23. The van der Waals surface area contributed by atoms with Gasteiger partial charge in [0.2, 0.25) is 17.8 Å². The third kappa shape index (κ3) is 4.99. The van der Waals surface area contributed by atoms with E-state index in [0.717, 1.165) is 0 Å². The van der Waals surface area contributed by atoms with Crippen molar-refractivity contribution >= 4 is 81.4 Å². The van der Waals surface area contributed by atoms with Crippen LogP contribution in [0.4, 0.5) is 23.1 Å². The summed E-state index contributed by atoms with van der Waals surface area (Å²) < 4.78 is 0. The van der Waals surface area contributed by atoms with Gasteiger partial charge in [0.1, 0.15) is 5.82 Å². The molecule has 0 saturated heterocycles. The van der Waals surface area contributed by atoms with Crippen LogP contribution in [0.3, 0.4) is 0 Å². The molecule has 1 atom stereocenters. The molecule has 2 aromatic carbocycles. The van der Waals surface area contributed by atoms with Gasteiger partial charge in [0, 0.05) is 37.9 Å². The topological polar surface area (TPSA) is 116 Å². The second-order valence-corrected chi connectivity index (χ2v) is 8.66. The normalized spacial score (nSPS) is 15.0. The van der Waals surface area contributed by atoms with E-state index in [0.29, 0.717) is 31.5 Å². The van der Waals surface area contributed by atoms with Crippen molar-refractivity contribution in [3.05, 3.63) is 72.4 Å². The van der Waals surface area contributed by atoms with Crippen LogP contribution in [0.2, 0.25) is 20.1 Å². The van der Waals surface area contributed by atoms with E-state index in [1.54, 1.807) is 18.2 Å². The zero-order valence-corrected chi connectivity index (χ0v) is 19.0. The van der Waals surface area contributed by atoms with E-state index in [1.165, 1.54) is 18.2 Å². The Labute approximate surface area is 201 Å². The van der Waals surface area contributed by atoms with Crippen LogP contribution >= 0.6 is 46.4 Å². The van der Waals surface area contributed by atoms with Gasteiger partial charge in [-0.2, -0.15) is 4.98 Å². The number of anilines is 4. The molecule has 0 bridgehead atoms. The van der Waals surface area contributed by atoms with Gasteiger partial charge in [-0.3, -0.25) is 19.4 Å². The van der Waals surface area contributed by atoms with Gasteiger partial charge in [-0.05, 0) is 36.4 Å². The van der Waals surface area contributed by atoms with Crippen LogP contribution in [0.25, 0.3) is 0 Å². The van der Waals surface area contributed by atoms with E-state index >= 15 is 0 Å². The van der Waals surface area contributed by atoms with Crippen molar-refractivity contribution in [1.82, 2.24) is 9.97 Å². The number of rotatable bonds is 4. The van der Waals surface area contributed by atoms with Crippen molar-refractivity contribution in [2.24, 2.45) is 0 Å². The molecule has 1 aromatic heterocycles. The van der Waals surface area contributed by atoms with E-state index in [-0.39, 0.29) is 23.8 Å². The maximum absolute atomic E-state index is 12.9. The van der Waals surface area contributed by atoms with Crippen LogP contribution in [-0.4, -0.2) is 21.8 Å². The largest absolute Gasteiger partial charge is 0.326 e. The van der Waals surface area contributed by atoms with Crippen molar-refractivity contribution in [3.63, 3.8) is 0 Å². The summed E-state index contributed by atoms with van der Waals surface area (Å²) in [5, 5.41) is 9.45. The van der Waals surface area contributed by atoms with Gasteiger partial charge in [0.25, 0.3) is 5.56 Å². The number of aromatic amines is 1. The molecule has 8 nitrogen and oxygen atoms in total. The minimum Gasteiger partial charge on any atom is -0.326 e. The minimum atomic E-state index is -1.07. The first-order valence-electron chi connectivity index (χ1n) is 9.12. The zero-order valence-electron chi connectivity index (χ0n) is 15.9. The average molecular weight is 513 g/mol. The molecule has 2 amide bonds. The quantitative estimate of drug-likeness (QED) is 0.383. The second-order valence-electron chi connectivity index (χ2n) is 6.91. The maximum Gasteiger partial charge on any atom is 0.258 e. The number of amides is 2. The lowest BCUT2D eigenvalue weighted by molar-refractivity contribution is -0.123. The Hall–Kier alpha value is -2.78. The van der Waals surface area contributed by atoms with E-state index in [2.05, 4.69) is 25.9 Å². The molecule has 0 unspecified atom stereocenters. The second kappa shape index (κ2) is 8.99. The third-order valence-electron chi connectivity index (χ3n) is 4.52. The van der Waals surface area contributed by atoms with E-state index in [1.807, 2.05) is 0 Å². The number of hydrogen-bond donors (Lipinski definition) is 4. The monoisotopic (exact) mass is 511 g/mol. The Morgan fingerprint density at radius 3 is 2.06 bits per heavy atom. The number of nitrogens with one attached hydrogen (secondary N) is 4. The summed E-state index contributed by atoms with van der Waals surface area (Å²) in [5.74, 6) is -2.09. The molecule has 2 heterocycles.